The molecule has 0 saturated carbocycles. The Hall–Kier alpha value is -0.660. The van der Waals surface area contributed by atoms with E-state index in [0.717, 1.165) is 0 Å². The quantitative estimate of drug-likeness (QED) is 0.713. The number of carbonyl (C=O) groups is 1. The van der Waals surface area contributed by atoms with Gasteiger partial charge in [0.1, 0.15) is 0 Å². The van der Waals surface area contributed by atoms with Gasteiger partial charge in [-0.3, -0.25) is 4.79 Å². The fraction of sp³-hybridized carbons (Fsp3) is 0.909. The lowest BCUT2D eigenvalue weighted by Crippen LogP contribution is -2.45. The molecule has 0 spiro atoms. The normalized spacial score (nSPS) is 20.6. The highest BCUT2D eigenvalue weighted by Crippen LogP contribution is 2.20. The fourth-order valence-electron chi connectivity index (χ4n) is 1.99. The number of aliphatic hydroxyl groups excluding tert-OH is 1. The van der Waals surface area contributed by atoms with Gasteiger partial charge in [-0.15, -0.1) is 0 Å². The summed E-state index contributed by atoms with van der Waals surface area (Å²) in [4.78, 5) is 11.8. The molecule has 1 fully saturated rings. The van der Waals surface area contributed by atoms with Gasteiger partial charge in [-0.05, 0) is 26.7 Å². The molecule has 1 heterocycles. The van der Waals surface area contributed by atoms with Gasteiger partial charge in [0.2, 0.25) is 15.9 Å². The summed E-state index contributed by atoms with van der Waals surface area (Å²) in [5.74, 6) is -0.141. The summed E-state index contributed by atoms with van der Waals surface area (Å²) < 4.78 is 24.7. The highest BCUT2D eigenvalue weighted by atomic mass is 32.2. The molecule has 1 amide bonds. The highest BCUT2D eigenvalue weighted by Gasteiger charge is 2.30. The Morgan fingerprint density at radius 2 is 2.00 bits per heavy atom. The Balaban J connectivity index is 2.47. The van der Waals surface area contributed by atoms with Crippen molar-refractivity contribution in [2.45, 2.75) is 32.7 Å². The molecule has 1 aliphatic heterocycles. The Bertz CT molecular complexity index is 375. The van der Waals surface area contributed by atoms with Crippen molar-refractivity contribution >= 4 is 15.9 Å². The Morgan fingerprint density at radius 3 is 2.44 bits per heavy atom. The van der Waals surface area contributed by atoms with Crippen LogP contribution < -0.4 is 5.32 Å². The molecule has 1 aliphatic rings. The Morgan fingerprint density at radius 1 is 1.44 bits per heavy atom. The highest BCUT2D eigenvalue weighted by molar-refractivity contribution is 7.89. The average molecular weight is 278 g/mol. The third-order valence-electron chi connectivity index (χ3n) is 3.25. The minimum Gasteiger partial charge on any atom is -0.394 e. The van der Waals surface area contributed by atoms with Crippen LogP contribution in [0.15, 0.2) is 0 Å². The number of sulfonamides is 1. The van der Waals surface area contributed by atoms with E-state index >= 15 is 0 Å². The van der Waals surface area contributed by atoms with Crippen LogP contribution in [-0.4, -0.2) is 55.2 Å². The molecule has 106 valence electrons. The summed E-state index contributed by atoms with van der Waals surface area (Å²) in [5, 5.41) is 11.6. The molecule has 18 heavy (non-hydrogen) atoms. The second-order valence-corrected chi connectivity index (χ2v) is 6.92. The van der Waals surface area contributed by atoms with Gasteiger partial charge >= 0.3 is 0 Å². The summed E-state index contributed by atoms with van der Waals surface area (Å²) in [6, 6.07) is -0.255. The van der Waals surface area contributed by atoms with Crippen molar-refractivity contribution < 1.29 is 18.3 Å². The molecule has 0 aromatic heterocycles. The summed E-state index contributed by atoms with van der Waals surface area (Å²) in [5.41, 5.74) is 0. The lowest BCUT2D eigenvalue weighted by atomic mass is 9.97. The van der Waals surface area contributed by atoms with Crippen molar-refractivity contribution in [2.24, 2.45) is 5.92 Å². The number of nitrogens with one attached hydrogen (secondary N) is 1. The van der Waals surface area contributed by atoms with E-state index in [0.29, 0.717) is 25.9 Å². The van der Waals surface area contributed by atoms with E-state index in [1.54, 1.807) is 13.8 Å². The Kier molecular flexibility index (Phi) is 5.55. The van der Waals surface area contributed by atoms with Crippen molar-refractivity contribution in [2.75, 3.05) is 25.4 Å². The summed E-state index contributed by atoms with van der Waals surface area (Å²) >= 11 is 0. The summed E-state index contributed by atoms with van der Waals surface area (Å²) in [6.45, 7) is 4.07. The van der Waals surface area contributed by atoms with E-state index in [4.69, 9.17) is 5.11 Å². The van der Waals surface area contributed by atoms with Crippen molar-refractivity contribution in [1.82, 2.24) is 9.62 Å². The van der Waals surface area contributed by atoms with E-state index in [1.807, 2.05) is 0 Å². The number of carbonyl (C=O) groups excluding carboxylic acids is 1. The van der Waals surface area contributed by atoms with E-state index in [2.05, 4.69) is 5.32 Å². The molecule has 0 aromatic carbocycles. The number of amides is 1. The van der Waals surface area contributed by atoms with Crippen LogP contribution in [0.4, 0.5) is 0 Å². The first kappa shape index (κ1) is 15.4. The fourth-order valence-corrected chi connectivity index (χ4v) is 3.12. The van der Waals surface area contributed by atoms with E-state index < -0.39 is 10.0 Å². The molecule has 1 atom stereocenters. The largest absolute Gasteiger partial charge is 0.394 e. The second kappa shape index (κ2) is 6.49. The zero-order chi connectivity index (χ0) is 13.8. The van der Waals surface area contributed by atoms with Gasteiger partial charge < -0.3 is 10.4 Å². The van der Waals surface area contributed by atoms with Crippen LogP contribution in [0.25, 0.3) is 0 Å². The lowest BCUT2D eigenvalue weighted by Gasteiger charge is -2.30. The van der Waals surface area contributed by atoms with Gasteiger partial charge in [0.25, 0.3) is 0 Å². The minimum absolute atomic E-state index is 0.0885. The van der Waals surface area contributed by atoms with Crippen molar-refractivity contribution in [3.63, 3.8) is 0 Å². The van der Waals surface area contributed by atoms with Crippen LogP contribution in [0, 0.1) is 5.92 Å². The summed E-state index contributed by atoms with van der Waals surface area (Å²) in [6.07, 6.45) is 1.09. The molecule has 0 aromatic rings. The van der Waals surface area contributed by atoms with Crippen LogP contribution in [0.2, 0.25) is 0 Å². The molecular weight excluding hydrogens is 256 g/mol. The van der Waals surface area contributed by atoms with Gasteiger partial charge in [-0.2, -0.15) is 0 Å². The third kappa shape index (κ3) is 3.93. The maximum absolute atomic E-state index is 11.8. The van der Waals surface area contributed by atoms with Crippen molar-refractivity contribution in [1.29, 1.82) is 0 Å². The third-order valence-corrected chi connectivity index (χ3v) is 5.13. The van der Waals surface area contributed by atoms with Crippen LogP contribution >= 0.6 is 0 Å². The van der Waals surface area contributed by atoms with E-state index in [1.165, 1.54) is 4.31 Å². The molecule has 7 heteroatoms. The second-order valence-electron chi connectivity index (χ2n) is 4.67. The standard InChI is InChI=1S/C11H22N2O4S/c1-3-18(16,17)13-6-4-10(5-7-13)11(15)12-9(2)8-14/h9-10,14H,3-8H2,1-2H3,(H,12,15)/t9-/m0/s1. The van der Waals surface area contributed by atoms with Crippen molar-refractivity contribution in [3.8, 4) is 0 Å². The molecule has 2 N–H and O–H groups in total. The molecule has 6 nitrogen and oxygen atoms in total. The number of aliphatic hydroxyl groups is 1. The molecule has 0 radical (unpaired) electrons. The summed E-state index contributed by atoms with van der Waals surface area (Å²) in [7, 11) is -3.14. The van der Waals surface area contributed by atoms with Crippen LogP contribution in [0.3, 0.4) is 0 Å². The van der Waals surface area contributed by atoms with E-state index in [9.17, 15) is 13.2 Å². The lowest BCUT2D eigenvalue weighted by molar-refractivity contribution is -0.127. The van der Waals surface area contributed by atoms with Gasteiger partial charge in [-0.1, -0.05) is 0 Å². The predicted octanol–water partition coefficient (Wildman–Crippen LogP) is -0.455. The molecule has 0 unspecified atom stereocenters. The minimum atomic E-state index is -3.14. The molecule has 0 aliphatic carbocycles. The predicted molar refractivity (Wildman–Crippen MR) is 68.4 cm³/mol. The number of hydrogen-bond donors (Lipinski definition) is 2. The Labute approximate surface area is 108 Å². The molecule has 1 saturated heterocycles. The van der Waals surface area contributed by atoms with E-state index in [-0.39, 0.29) is 30.2 Å². The number of nitrogens with zero attached hydrogens (tertiary/aromatic N) is 1. The van der Waals surface area contributed by atoms with Gasteiger partial charge in [0.15, 0.2) is 0 Å². The van der Waals surface area contributed by atoms with Crippen LogP contribution in [0.1, 0.15) is 26.7 Å². The zero-order valence-electron chi connectivity index (χ0n) is 10.9. The zero-order valence-corrected chi connectivity index (χ0v) is 11.7. The first-order valence-electron chi connectivity index (χ1n) is 6.29. The van der Waals surface area contributed by atoms with Gasteiger partial charge in [-0.25, -0.2) is 12.7 Å². The first-order chi connectivity index (χ1) is 8.40. The topological polar surface area (TPSA) is 86.7 Å². The van der Waals surface area contributed by atoms with Crippen molar-refractivity contribution in [3.05, 3.63) is 0 Å². The number of rotatable bonds is 5. The van der Waals surface area contributed by atoms with Crippen LogP contribution in [-0.2, 0) is 14.8 Å². The average Bonchev–Trinajstić information content (AvgIpc) is 2.38. The maximum Gasteiger partial charge on any atom is 0.223 e. The first-order valence-corrected chi connectivity index (χ1v) is 7.90. The number of hydrogen-bond acceptors (Lipinski definition) is 4. The van der Waals surface area contributed by atoms with Gasteiger partial charge in [0.05, 0.1) is 12.4 Å². The SMILES string of the molecule is CCS(=O)(=O)N1CCC(C(=O)N[C@@H](C)CO)CC1. The molecule has 0 bridgehead atoms. The smallest absolute Gasteiger partial charge is 0.223 e. The number of piperidine rings is 1. The monoisotopic (exact) mass is 278 g/mol. The maximum atomic E-state index is 11.8. The van der Waals surface area contributed by atoms with Crippen LogP contribution in [0.5, 0.6) is 0 Å². The van der Waals surface area contributed by atoms with Gasteiger partial charge in [0, 0.05) is 25.0 Å². The molecular formula is C11H22N2O4S. The molecule has 1 rings (SSSR count).